The van der Waals surface area contributed by atoms with Crippen molar-refractivity contribution < 1.29 is 14.2 Å². The van der Waals surface area contributed by atoms with Crippen molar-refractivity contribution in [2.24, 2.45) is 0 Å². The van der Waals surface area contributed by atoms with Crippen LogP contribution in [0.2, 0.25) is 0 Å². The second kappa shape index (κ2) is 4.03. The Morgan fingerprint density at radius 2 is 2.00 bits per heavy atom. The number of hydrogen-bond donors (Lipinski definition) is 0. The summed E-state index contributed by atoms with van der Waals surface area (Å²) < 4.78 is 15.4. The fourth-order valence-electron chi connectivity index (χ4n) is 1.26. The van der Waals surface area contributed by atoms with Gasteiger partial charge in [-0.3, -0.25) is 0 Å². The highest BCUT2D eigenvalue weighted by Crippen LogP contribution is 2.36. The standard InChI is InChI=1S/C9H13ClO3/c1-11-7-5-4-6-9(10,13-3)8(7)12-2/h4-5H,6H2,1-3H3. The van der Waals surface area contributed by atoms with Gasteiger partial charge in [0.25, 0.3) is 0 Å². The predicted octanol–water partition coefficient (Wildman–Crippen LogP) is 2.03. The fourth-order valence-corrected chi connectivity index (χ4v) is 1.52. The molecule has 0 amide bonds. The van der Waals surface area contributed by atoms with Gasteiger partial charge in [0.2, 0.25) is 5.06 Å². The number of halogens is 1. The average molecular weight is 205 g/mol. The van der Waals surface area contributed by atoms with Crippen LogP contribution in [0.25, 0.3) is 0 Å². The summed E-state index contributed by atoms with van der Waals surface area (Å²) >= 11 is 6.16. The van der Waals surface area contributed by atoms with Crippen molar-refractivity contribution in [1.82, 2.24) is 0 Å². The monoisotopic (exact) mass is 204 g/mol. The summed E-state index contributed by atoms with van der Waals surface area (Å²) in [6.45, 7) is 0. The Bertz CT molecular complexity index is 247. The predicted molar refractivity (Wildman–Crippen MR) is 50.4 cm³/mol. The van der Waals surface area contributed by atoms with Gasteiger partial charge in [-0.15, -0.1) is 0 Å². The van der Waals surface area contributed by atoms with E-state index in [1.807, 2.05) is 12.2 Å². The fraction of sp³-hybridized carbons (Fsp3) is 0.556. The zero-order chi connectivity index (χ0) is 9.90. The molecule has 0 aromatic heterocycles. The Balaban J connectivity index is 3.04. The van der Waals surface area contributed by atoms with Crippen LogP contribution in [0, 0.1) is 0 Å². The number of allylic oxidation sites excluding steroid dienone is 1. The van der Waals surface area contributed by atoms with Crippen molar-refractivity contribution in [2.45, 2.75) is 11.5 Å². The third-order valence-electron chi connectivity index (χ3n) is 1.96. The molecule has 0 heterocycles. The number of hydrogen-bond acceptors (Lipinski definition) is 3. The Hall–Kier alpha value is -0.670. The quantitative estimate of drug-likeness (QED) is 0.659. The molecule has 0 N–H and O–H groups in total. The molecule has 1 unspecified atom stereocenters. The lowest BCUT2D eigenvalue weighted by atomic mass is 10.1. The molecule has 1 aliphatic carbocycles. The summed E-state index contributed by atoms with van der Waals surface area (Å²) in [5.74, 6) is 1.12. The van der Waals surface area contributed by atoms with Crippen LogP contribution < -0.4 is 0 Å². The van der Waals surface area contributed by atoms with Crippen LogP contribution in [0.1, 0.15) is 6.42 Å². The lowest BCUT2D eigenvalue weighted by Gasteiger charge is -2.29. The minimum Gasteiger partial charge on any atom is -0.493 e. The molecule has 1 rings (SSSR count). The molecule has 1 aliphatic rings. The first-order valence-corrected chi connectivity index (χ1v) is 4.29. The lowest BCUT2D eigenvalue weighted by molar-refractivity contribution is 0.0361. The van der Waals surface area contributed by atoms with Gasteiger partial charge < -0.3 is 14.2 Å². The molecule has 1 atom stereocenters. The molecule has 4 heteroatoms. The zero-order valence-electron chi connectivity index (χ0n) is 7.96. The summed E-state index contributed by atoms with van der Waals surface area (Å²) in [6, 6.07) is 0. The van der Waals surface area contributed by atoms with Gasteiger partial charge in [0, 0.05) is 13.5 Å². The Morgan fingerprint density at radius 1 is 1.31 bits per heavy atom. The first kappa shape index (κ1) is 10.4. The van der Waals surface area contributed by atoms with Gasteiger partial charge in [0.1, 0.15) is 0 Å². The molecule has 0 radical (unpaired) electrons. The van der Waals surface area contributed by atoms with E-state index in [1.165, 1.54) is 0 Å². The number of alkyl halides is 1. The molecule has 0 saturated heterocycles. The summed E-state index contributed by atoms with van der Waals surface area (Å²) in [6.07, 6.45) is 4.28. The van der Waals surface area contributed by atoms with Crippen molar-refractivity contribution >= 4 is 11.6 Å². The third-order valence-corrected chi connectivity index (χ3v) is 2.44. The van der Waals surface area contributed by atoms with Crippen LogP contribution in [0.4, 0.5) is 0 Å². The molecular formula is C9H13ClO3. The van der Waals surface area contributed by atoms with E-state index in [0.717, 1.165) is 0 Å². The van der Waals surface area contributed by atoms with Gasteiger partial charge in [0.15, 0.2) is 11.5 Å². The van der Waals surface area contributed by atoms with Gasteiger partial charge in [-0.05, 0) is 6.08 Å². The van der Waals surface area contributed by atoms with Crippen LogP contribution in [0.5, 0.6) is 0 Å². The highest BCUT2D eigenvalue weighted by molar-refractivity contribution is 6.24. The summed E-state index contributed by atoms with van der Waals surface area (Å²) in [5.41, 5.74) is 0. The molecule has 0 saturated carbocycles. The second-order valence-electron chi connectivity index (χ2n) is 2.64. The molecule has 0 aromatic carbocycles. The van der Waals surface area contributed by atoms with Crippen molar-refractivity contribution in [1.29, 1.82) is 0 Å². The van der Waals surface area contributed by atoms with Gasteiger partial charge in [-0.1, -0.05) is 17.7 Å². The first-order chi connectivity index (χ1) is 6.18. The molecule has 74 valence electrons. The van der Waals surface area contributed by atoms with Gasteiger partial charge in [-0.2, -0.15) is 0 Å². The van der Waals surface area contributed by atoms with Crippen molar-refractivity contribution in [3.63, 3.8) is 0 Å². The summed E-state index contributed by atoms with van der Waals surface area (Å²) in [4.78, 5) is 0. The molecule has 0 aliphatic heterocycles. The van der Waals surface area contributed by atoms with Gasteiger partial charge >= 0.3 is 0 Å². The van der Waals surface area contributed by atoms with Crippen LogP contribution in [-0.4, -0.2) is 26.4 Å². The van der Waals surface area contributed by atoms with Gasteiger partial charge in [0.05, 0.1) is 14.2 Å². The third kappa shape index (κ3) is 1.81. The van der Waals surface area contributed by atoms with Gasteiger partial charge in [-0.25, -0.2) is 0 Å². The van der Waals surface area contributed by atoms with Crippen LogP contribution in [0.3, 0.4) is 0 Å². The van der Waals surface area contributed by atoms with E-state index in [-0.39, 0.29) is 0 Å². The van der Waals surface area contributed by atoms with Crippen molar-refractivity contribution in [3.05, 3.63) is 23.7 Å². The largest absolute Gasteiger partial charge is 0.493 e. The topological polar surface area (TPSA) is 27.7 Å². The first-order valence-electron chi connectivity index (χ1n) is 3.91. The maximum absolute atomic E-state index is 6.16. The zero-order valence-corrected chi connectivity index (χ0v) is 8.72. The number of ether oxygens (including phenoxy) is 3. The van der Waals surface area contributed by atoms with E-state index < -0.39 is 5.06 Å². The maximum atomic E-state index is 6.16. The van der Waals surface area contributed by atoms with E-state index in [2.05, 4.69) is 0 Å². The van der Waals surface area contributed by atoms with E-state index in [4.69, 9.17) is 25.8 Å². The number of methoxy groups -OCH3 is 3. The van der Waals surface area contributed by atoms with Crippen molar-refractivity contribution in [2.75, 3.05) is 21.3 Å². The molecule has 0 fully saturated rings. The summed E-state index contributed by atoms with van der Waals surface area (Å²) in [5, 5.41) is -0.922. The van der Waals surface area contributed by atoms with E-state index in [1.54, 1.807) is 21.3 Å². The van der Waals surface area contributed by atoms with E-state index in [9.17, 15) is 0 Å². The molecule has 3 nitrogen and oxygen atoms in total. The van der Waals surface area contributed by atoms with E-state index in [0.29, 0.717) is 17.9 Å². The average Bonchev–Trinajstić information content (AvgIpc) is 2.17. The Morgan fingerprint density at radius 3 is 2.46 bits per heavy atom. The van der Waals surface area contributed by atoms with E-state index >= 15 is 0 Å². The highest BCUT2D eigenvalue weighted by atomic mass is 35.5. The molecule has 0 bridgehead atoms. The lowest BCUT2D eigenvalue weighted by Crippen LogP contribution is -2.30. The smallest absolute Gasteiger partial charge is 0.205 e. The Labute approximate surface area is 82.9 Å². The maximum Gasteiger partial charge on any atom is 0.205 e. The molecule has 13 heavy (non-hydrogen) atoms. The SMILES string of the molecule is COC1=C(OC)C(Cl)(OC)CC=C1. The Kier molecular flexibility index (Phi) is 3.22. The van der Waals surface area contributed by atoms with Crippen LogP contribution >= 0.6 is 11.6 Å². The molecule has 0 spiro atoms. The van der Waals surface area contributed by atoms with Crippen LogP contribution in [0.15, 0.2) is 23.7 Å². The normalized spacial score (nSPS) is 27.7. The minimum atomic E-state index is -0.922. The summed E-state index contributed by atoms with van der Waals surface area (Å²) in [7, 11) is 4.65. The number of rotatable bonds is 3. The second-order valence-corrected chi connectivity index (χ2v) is 3.25. The molecule has 0 aromatic rings. The molecular weight excluding hydrogens is 192 g/mol. The highest BCUT2D eigenvalue weighted by Gasteiger charge is 2.37. The van der Waals surface area contributed by atoms with Crippen LogP contribution in [-0.2, 0) is 14.2 Å². The minimum absolute atomic E-state index is 0.515. The van der Waals surface area contributed by atoms with Crippen molar-refractivity contribution in [3.8, 4) is 0 Å².